The Bertz CT molecular complexity index is 41.0. The second-order valence-corrected chi connectivity index (χ2v) is 2.25. The largest absolute Gasteiger partial charge is 0.319 e. The highest BCUT2D eigenvalue weighted by Gasteiger charge is 2.00. The van der Waals surface area contributed by atoms with Gasteiger partial charge in [-0.05, 0) is 6.92 Å². The average molecular weight is 123 g/mol. The van der Waals surface area contributed by atoms with Crippen LogP contribution in [0, 0.1) is 0 Å². The van der Waals surface area contributed by atoms with Crippen LogP contribution in [-0.2, 0) is 0 Å². The highest BCUT2D eigenvalue weighted by Crippen LogP contribution is 2.00. The van der Waals surface area contributed by atoms with Gasteiger partial charge in [-0.2, -0.15) is 12.6 Å². The first kappa shape index (κ1) is 7.24. The van der Waals surface area contributed by atoms with Gasteiger partial charge in [-0.3, -0.25) is 0 Å². The second kappa shape index (κ2) is 3.27. The number of hydrogen-bond acceptors (Lipinski definition) is 2. The van der Waals surface area contributed by atoms with Crippen LogP contribution in [0.15, 0.2) is 0 Å². The van der Waals surface area contributed by atoms with Gasteiger partial charge in [-0.15, -0.1) is 0 Å². The van der Waals surface area contributed by atoms with Crippen molar-refractivity contribution in [2.24, 2.45) is 5.73 Å². The van der Waals surface area contributed by atoms with Crippen molar-refractivity contribution in [1.82, 2.24) is 0 Å². The van der Waals surface area contributed by atoms with Crippen molar-refractivity contribution < 1.29 is 4.39 Å². The van der Waals surface area contributed by atoms with Crippen LogP contribution in [0.4, 0.5) is 4.39 Å². The summed E-state index contributed by atoms with van der Waals surface area (Å²) in [4.78, 5) is 0. The van der Waals surface area contributed by atoms with Crippen molar-refractivity contribution >= 4 is 12.6 Å². The molecule has 44 valence electrons. The molecule has 0 radical (unpaired) electrons. The summed E-state index contributed by atoms with van der Waals surface area (Å²) in [5.41, 5.74) is 5.12. The summed E-state index contributed by atoms with van der Waals surface area (Å²) >= 11 is 3.78. The van der Waals surface area contributed by atoms with Crippen molar-refractivity contribution in [3.8, 4) is 0 Å². The van der Waals surface area contributed by atoms with Gasteiger partial charge in [0.2, 0.25) is 0 Å². The lowest BCUT2D eigenvalue weighted by Crippen LogP contribution is -2.15. The standard InChI is InChI=1S/C4H10FNS/c1-3(5)2-4(6)7/h3-4,7H,2,6H2,1H3. The van der Waals surface area contributed by atoms with E-state index in [4.69, 9.17) is 5.73 Å². The first-order valence-electron chi connectivity index (χ1n) is 2.20. The predicted molar refractivity (Wildman–Crippen MR) is 32.1 cm³/mol. The van der Waals surface area contributed by atoms with Gasteiger partial charge in [-0.25, -0.2) is 4.39 Å². The molecule has 7 heavy (non-hydrogen) atoms. The fraction of sp³-hybridized carbons (Fsp3) is 1.00. The van der Waals surface area contributed by atoms with Crippen LogP contribution < -0.4 is 5.73 Å². The SMILES string of the molecule is CC(F)CC(N)S. The highest BCUT2D eigenvalue weighted by atomic mass is 32.1. The zero-order valence-corrected chi connectivity index (χ0v) is 5.16. The molecule has 2 atom stereocenters. The van der Waals surface area contributed by atoms with E-state index in [0.717, 1.165) is 0 Å². The lowest BCUT2D eigenvalue weighted by Gasteiger charge is -2.02. The molecule has 0 saturated heterocycles. The Morgan fingerprint density at radius 1 is 1.86 bits per heavy atom. The molecule has 0 aliphatic heterocycles. The topological polar surface area (TPSA) is 26.0 Å². The smallest absolute Gasteiger partial charge is 0.0996 e. The van der Waals surface area contributed by atoms with Crippen LogP contribution in [0.2, 0.25) is 0 Å². The minimum Gasteiger partial charge on any atom is -0.319 e. The van der Waals surface area contributed by atoms with Crippen LogP contribution in [0.3, 0.4) is 0 Å². The third-order valence-corrected chi connectivity index (χ3v) is 0.777. The number of alkyl halides is 1. The van der Waals surface area contributed by atoms with Gasteiger partial charge in [0.1, 0.15) is 0 Å². The van der Waals surface area contributed by atoms with Crippen LogP contribution in [0.1, 0.15) is 13.3 Å². The molecule has 0 aliphatic rings. The quantitative estimate of drug-likeness (QED) is 0.415. The van der Waals surface area contributed by atoms with Gasteiger partial charge in [0.15, 0.2) is 0 Å². The predicted octanol–water partition coefficient (Wildman–Crippen LogP) is 0.949. The van der Waals surface area contributed by atoms with E-state index in [0.29, 0.717) is 6.42 Å². The molecule has 0 spiro atoms. The summed E-state index contributed by atoms with van der Waals surface area (Å²) in [6.45, 7) is 1.47. The van der Waals surface area contributed by atoms with E-state index in [2.05, 4.69) is 12.6 Å². The maximum Gasteiger partial charge on any atom is 0.0996 e. The van der Waals surface area contributed by atoms with E-state index in [1.54, 1.807) is 0 Å². The van der Waals surface area contributed by atoms with Crippen LogP contribution >= 0.6 is 12.6 Å². The highest BCUT2D eigenvalue weighted by molar-refractivity contribution is 7.80. The Hall–Kier alpha value is 0.240. The molecule has 0 aliphatic carbocycles. The van der Waals surface area contributed by atoms with Crippen molar-refractivity contribution in [3.05, 3.63) is 0 Å². The van der Waals surface area contributed by atoms with Crippen molar-refractivity contribution in [2.75, 3.05) is 0 Å². The van der Waals surface area contributed by atoms with Crippen molar-refractivity contribution in [2.45, 2.75) is 24.9 Å². The van der Waals surface area contributed by atoms with E-state index in [1.165, 1.54) is 6.92 Å². The minimum absolute atomic E-state index is 0.306. The molecule has 0 saturated carbocycles. The normalized spacial score (nSPS) is 18.9. The summed E-state index contributed by atoms with van der Waals surface area (Å²) in [5, 5.41) is -0.306. The Labute approximate surface area is 48.5 Å². The van der Waals surface area contributed by atoms with Crippen molar-refractivity contribution in [3.63, 3.8) is 0 Å². The van der Waals surface area contributed by atoms with Gasteiger partial charge in [0, 0.05) is 6.42 Å². The number of thiol groups is 1. The first-order valence-corrected chi connectivity index (χ1v) is 2.72. The molecule has 0 heterocycles. The summed E-state index contributed by atoms with van der Waals surface area (Å²) in [5.74, 6) is 0. The molecule has 2 unspecified atom stereocenters. The van der Waals surface area contributed by atoms with E-state index in [1.807, 2.05) is 0 Å². The van der Waals surface area contributed by atoms with E-state index in [-0.39, 0.29) is 5.37 Å². The molecule has 0 aromatic rings. The van der Waals surface area contributed by atoms with Gasteiger partial charge in [-0.1, -0.05) is 0 Å². The third-order valence-electron chi connectivity index (χ3n) is 0.566. The van der Waals surface area contributed by atoms with Crippen LogP contribution in [-0.4, -0.2) is 11.5 Å². The summed E-state index contributed by atoms with van der Waals surface area (Å²) in [6, 6.07) is 0. The molecule has 0 rings (SSSR count). The molecule has 3 heteroatoms. The Balaban J connectivity index is 2.95. The fourth-order valence-electron chi connectivity index (χ4n) is 0.333. The molecule has 0 aromatic heterocycles. The molecule has 0 aromatic carbocycles. The van der Waals surface area contributed by atoms with E-state index in [9.17, 15) is 4.39 Å². The molecule has 0 bridgehead atoms. The summed E-state index contributed by atoms with van der Waals surface area (Å²) < 4.78 is 11.8. The number of halogens is 1. The van der Waals surface area contributed by atoms with E-state index < -0.39 is 6.17 Å². The molecule has 1 nitrogen and oxygen atoms in total. The molecule has 0 amide bonds. The monoisotopic (exact) mass is 123 g/mol. The van der Waals surface area contributed by atoms with Crippen LogP contribution in [0.5, 0.6) is 0 Å². The zero-order chi connectivity index (χ0) is 5.86. The maximum atomic E-state index is 11.8. The van der Waals surface area contributed by atoms with Crippen LogP contribution in [0.25, 0.3) is 0 Å². The fourth-order valence-corrected chi connectivity index (χ4v) is 0.623. The minimum atomic E-state index is -0.826. The molecular weight excluding hydrogens is 113 g/mol. The van der Waals surface area contributed by atoms with Crippen molar-refractivity contribution in [1.29, 1.82) is 0 Å². The maximum absolute atomic E-state index is 11.8. The lowest BCUT2D eigenvalue weighted by atomic mass is 10.3. The zero-order valence-electron chi connectivity index (χ0n) is 4.26. The molecule has 2 N–H and O–H groups in total. The van der Waals surface area contributed by atoms with E-state index >= 15 is 0 Å². The third kappa shape index (κ3) is 6.24. The molecular formula is C4H10FNS. The molecule has 0 fully saturated rings. The average Bonchev–Trinajstić information content (AvgIpc) is 1.27. The second-order valence-electron chi connectivity index (χ2n) is 1.58. The summed E-state index contributed by atoms with van der Waals surface area (Å²) in [7, 11) is 0. The lowest BCUT2D eigenvalue weighted by molar-refractivity contribution is 0.340. The number of nitrogens with two attached hydrogens (primary N) is 1. The van der Waals surface area contributed by atoms with Gasteiger partial charge in [0.25, 0.3) is 0 Å². The Morgan fingerprint density at radius 3 is 2.29 bits per heavy atom. The van der Waals surface area contributed by atoms with Gasteiger partial charge < -0.3 is 5.73 Å². The Kier molecular flexibility index (Phi) is 3.38. The number of hydrogen-bond donors (Lipinski definition) is 2. The number of rotatable bonds is 2. The first-order chi connectivity index (χ1) is 3.13. The summed E-state index contributed by atoms with van der Waals surface area (Å²) in [6.07, 6.45) is -0.490. The van der Waals surface area contributed by atoms with Gasteiger partial charge >= 0.3 is 0 Å². The Morgan fingerprint density at radius 2 is 2.29 bits per heavy atom. The van der Waals surface area contributed by atoms with Gasteiger partial charge in [0.05, 0.1) is 11.5 Å².